The Morgan fingerprint density at radius 3 is 2.79 bits per heavy atom. The Labute approximate surface area is 118 Å². The number of benzene rings is 1. The number of rotatable bonds is 4. The molecule has 0 unspecified atom stereocenters. The number of primary amides is 1. The second-order valence-corrected chi connectivity index (χ2v) is 4.80. The zero-order valence-corrected chi connectivity index (χ0v) is 11.4. The molecule has 0 aliphatic heterocycles. The fourth-order valence-electron chi connectivity index (χ4n) is 1.53. The summed E-state index contributed by atoms with van der Waals surface area (Å²) in [5.74, 6) is -1.41. The Bertz CT molecular complexity index is 601. The van der Waals surface area contributed by atoms with E-state index in [9.17, 15) is 9.18 Å². The maximum absolute atomic E-state index is 13.3. The third kappa shape index (κ3) is 3.51. The van der Waals surface area contributed by atoms with Crippen LogP contribution in [0.4, 0.5) is 10.1 Å². The van der Waals surface area contributed by atoms with Gasteiger partial charge in [-0.05, 0) is 46.3 Å². The van der Waals surface area contributed by atoms with Gasteiger partial charge in [0.2, 0.25) is 0 Å². The molecule has 4 nitrogen and oxygen atoms in total. The van der Waals surface area contributed by atoms with Crippen LogP contribution in [0.2, 0.25) is 0 Å². The van der Waals surface area contributed by atoms with E-state index in [1.807, 2.05) is 12.1 Å². The van der Waals surface area contributed by atoms with Gasteiger partial charge in [-0.25, -0.2) is 4.39 Å². The van der Waals surface area contributed by atoms with Gasteiger partial charge >= 0.3 is 0 Å². The lowest BCUT2D eigenvalue weighted by Gasteiger charge is -2.07. The van der Waals surface area contributed by atoms with Crippen LogP contribution in [0.15, 0.2) is 41.0 Å². The molecule has 0 atom stereocenters. The van der Waals surface area contributed by atoms with Crippen molar-refractivity contribution in [3.63, 3.8) is 0 Å². The molecule has 1 aromatic heterocycles. The summed E-state index contributed by atoms with van der Waals surface area (Å²) in [7, 11) is 0. The van der Waals surface area contributed by atoms with Gasteiger partial charge in [0.25, 0.3) is 5.91 Å². The van der Waals surface area contributed by atoms with Gasteiger partial charge in [0.1, 0.15) is 5.82 Å². The van der Waals surface area contributed by atoms with Crippen LogP contribution in [0.3, 0.4) is 0 Å². The number of pyridine rings is 1. The minimum absolute atomic E-state index is 0.131. The average Bonchev–Trinajstić information content (AvgIpc) is 2.39. The summed E-state index contributed by atoms with van der Waals surface area (Å²) in [6, 6.07) is 7.87. The van der Waals surface area contributed by atoms with Gasteiger partial charge in [0.05, 0.1) is 17.8 Å². The SMILES string of the molecule is NC(=O)c1cc(NCc2ccc(Br)cn2)ccc1F. The fourth-order valence-corrected chi connectivity index (χ4v) is 1.76. The number of hydrogen-bond acceptors (Lipinski definition) is 3. The summed E-state index contributed by atoms with van der Waals surface area (Å²) in [6.07, 6.45) is 1.69. The summed E-state index contributed by atoms with van der Waals surface area (Å²) in [5.41, 5.74) is 6.39. The number of halogens is 2. The van der Waals surface area contributed by atoms with E-state index in [4.69, 9.17) is 5.73 Å². The minimum atomic E-state index is -0.789. The number of nitrogens with two attached hydrogens (primary N) is 1. The lowest BCUT2D eigenvalue weighted by atomic mass is 10.1. The molecule has 0 spiro atoms. The molecule has 2 aromatic rings. The molecule has 0 fully saturated rings. The van der Waals surface area contributed by atoms with Gasteiger partial charge in [-0.1, -0.05) is 0 Å². The molecule has 0 saturated carbocycles. The van der Waals surface area contributed by atoms with E-state index in [1.54, 1.807) is 12.3 Å². The predicted molar refractivity (Wildman–Crippen MR) is 74.2 cm³/mol. The Balaban J connectivity index is 2.09. The fraction of sp³-hybridized carbons (Fsp3) is 0.0769. The number of hydrogen-bond donors (Lipinski definition) is 2. The maximum Gasteiger partial charge on any atom is 0.251 e. The monoisotopic (exact) mass is 323 g/mol. The molecule has 0 aliphatic carbocycles. The average molecular weight is 324 g/mol. The second-order valence-electron chi connectivity index (χ2n) is 3.88. The molecular weight excluding hydrogens is 313 g/mol. The van der Waals surface area contributed by atoms with E-state index >= 15 is 0 Å². The van der Waals surface area contributed by atoms with Crippen molar-refractivity contribution in [2.75, 3.05) is 5.32 Å². The maximum atomic E-state index is 13.3. The highest BCUT2D eigenvalue weighted by atomic mass is 79.9. The molecule has 0 saturated heterocycles. The molecule has 0 bridgehead atoms. The van der Waals surface area contributed by atoms with Gasteiger partial charge in [-0.2, -0.15) is 0 Å². The number of nitrogens with one attached hydrogen (secondary N) is 1. The molecule has 1 amide bonds. The van der Waals surface area contributed by atoms with Gasteiger partial charge in [0, 0.05) is 16.4 Å². The molecule has 98 valence electrons. The van der Waals surface area contributed by atoms with E-state index in [2.05, 4.69) is 26.2 Å². The van der Waals surface area contributed by atoms with Crippen molar-refractivity contribution in [2.45, 2.75) is 6.54 Å². The Morgan fingerprint density at radius 2 is 2.16 bits per heavy atom. The van der Waals surface area contributed by atoms with E-state index in [-0.39, 0.29) is 5.56 Å². The molecular formula is C13H11BrFN3O. The zero-order chi connectivity index (χ0) is 13.8. The predicted octanol–water partition coefficient (Wildman–Crippen LogP) is 2.69. The summed E-state index contributed by atoms with van der Waals surface area (Å²) in [5, 5.41) is 3.05. The molecule has 2 rings (SSSR count). The Kier molecular flexibility index (Phi) is 4.11. The quantitative estimate of drug-likeness (QED) is 0.909. The molecule has 0 aliphatic rings. The van der Waals surface area contributed by atoms with Crippen LogP contribution < -0.4 is 11.1 Å². The molecule has 1 heterocycles. The molecule has 6 heteroatoms. The molecule has 0 radical (unpaired) electrons. The number of carbonyl (C=O) groups is 1. The lowest BCUT2D eigenvalue weighted by molar-refractivity contribution is 0.0996. The summed E-state index contributed by atoms with van der Waals surface area (Å²) >= 11 is 3.30. The third-order valence-corrected chi connectivity index (χ3v) is 2.96. The highest BCUT2D eigenvalue weighted by molar-refractivity contribution is 9.10. The summed E-state index contributed by atoms with van der Waals surface area (Å²) in [4.78, 5) is 15.2. The van der Waals surface area contributed by atoms with Crippen LogP contribution in [-0.4, -0.2) is 10.9 Å². The smallest absolute Gasteiger partial charge is 0.251 e. The topological polar surface area (TPSA) is 68.0 Å². The van der Waals surface area contributed by atoms with E-state index in [0.29, 0.717) is 12.2 Å². The van der Waals surface area contributed by atoms with Crippen LogP contribution in [0.25, 0.3) is 0 Å². The first kappa shape index (κ1) is 13.5. The number of amides is 1. The minimum Gasteiger partial charge on any atom is -0.379 e. The highest BCUT2D eigenvalue weighted by Gasteiger charge is 2.08. The number of aromatic nitrogens is 1. The summed E-state index contributed by atoms with van der Waals surface area (Å²) in [6.45, 7) is 0.469. The van der Waals surface area contributed by atoms with Crippen LogP contribution in [0, 0.1) is 5.82 Å². The summed E-state index contributed by atoms with van der Waals surface area (Å²) < 4.78 is 14.2. The first-order valence-corrected chi connectivity index (χ1v) is 6.29. The molecule has 19 heavy (non-hydrogen) atoms. The van der Waals surface area contributed by atoms with E-state index in [0.717, 1.165) is 10.2 Å². The molecule has 1 aromatic carbocycles. The zero-order valence-electron chi connectivity index (χ0n) is 9.86. The van der Waals surface area contributed by atoms with Crippen LogP contribution in [-0.2, 0) is 6.54 Å². The van der Waals surface area contributed by atoms with Crippen molar-refractivity contribution in [3.8, 4) is 0 Å². The van der Waals surface area contributed by atoms with Gasteiger partial charge in [-0.15, -0.1) is 0 Å². The normalized spacial score (nSPS) is 10.2. The second kappa shape index (κ2) is 5.79. The van der Waals surface area contributed by atoms with Crippen molar-refractivity contribution < 1.29 is 9.18 Å². The van der Waals surface area contributed by atoms with E-state index < -0.39 is 11.7 Å². The third-order valence-electron chi connectivity index (χ3n) is 2.49. The van der Waals surface area contributed by atoms with Crippen molar-refractivity contribution in [2.24, 2.45) is 5.73 Å². The largest absolute Gasteiger partial charge is 0.379 e. The van der Waals surface area contributed by atoms with Crippen molar-refractivity contribution in [1.82, 2.24) is 4.98 Å². The number of anilines is 1. The molecule has 3 N–H and O–H groups in total. The van der Waals surface area contributed by atoms with Crippen LogP contribution >= 0.6 is 15.9 Å². The van der Waals surface area contributed by atoms with Crippen molar-refractivity contribution in [1.29, 1.82) is 0 Å². The first-order valence-electron chi connectivity index (χ1n) is 5.50. The number of carbonyl (C=O) groups excluding carboxylic acids is 1. The Hall–Kier alpha value is -1.95. The van der Waals surface area contributed by atoms with Gasteiger partial charge in [-0.3, -0.25) is 9.78 Å². The van der Waals surface area contributed by atoms with Crippen LogP contribution in [0.5, 0.6) is 0 Å². The number of nitrogens with zero attached hydrogens (tertiary/aromatic N) is 1. The standard InChI is InChI=1S/C13H11BrFN3O/c14-8-1-2-10(17-6-8)7-18-9-3-4-12(15)11(5-9)13(16)19/h1-6,18H,7H2,(H2,16,19). The van der Waals surface area contributed by atoms with Gasteiger partial charge in [0.15, 0.2) is 0 Å². The van der Waals surface area contributed by atoms with Crippen molar-refractivity contribution in [3.05, 3.63) is 58.1 Å². The Morgan fingerprint density at radius 1 is 1.37 bits per heavy atom. The lowest BCUT2D eigenvalue weighted by Crippen LogP contribution is -2.13. The first-order chi connectivity index (χ1) is 9.06. The van der Waals surface area contributed by atoms with Crippen LogP contribution in [0.1, 0.15) is 16.1 Å². The van der Waals surface area contributed by atoms with Crippen molar-refractivity contribution >= 4 is 27.5 Å². The van der Waals surface area contributed by atoms with E-state index in [1.165, 1.54) is 12.1 Å². The highest BCUT2D eigenvalue weighted by Crippen LogP contribution is 2.15. The van der Waals surface area contributed by atoms with Gasteiger partial charge < -0.3 is 11.1 Å².